The zero-order chi connectivity index (χ0) is 17.1. The lowest BCUT2D eigenvalue weighted by Gasteiger charge is -2.06. The summed E-state index contributed by atoms with van der Waals surface area (Å²) in [5, 5.41) is 9.31. The van der Waals surface area contributed by atoms with Crippen LogP contribution in [0.1, 0.15) is 10.4 Å². The minimum Gasteiger partial charge on any atom is -0.465 e. The molecule has 0 unspecified atom stereocenters. The summed E-state index contributed by atoms with van der Waals surface area (Å²) in [5.41, 5.74) is 0.704. The monoisotopic (exact) mass is 389 g/mol. The molecule has 3 heterocycles. The molecule has 0 saturated carbocycles. The fraction of sp³-hybridized carbons (Fsp3) is 0.0667. The quantitative estimate of drug-likeness (QED) is 0.671. The summed E-state index contributed by atoms with van der Waals surface area (Å²) in [6.45, 7) is 0. The molecule has 122 valence electrons. The van der Waals surface area contributed by atoms with Crippen LogP contribution in [-0.4, -0.2) is 33.7 Å². The molecule has 0 spiro atoms. The van der Waals surface area contributed by atoms with Crippen molar-refractivity contribution in [2.45, 2.75) is 0 Å². The SMILES string of the molecule is COC(=O)c1c(NC(=O)Nc2cc(Br)ccn2)nn2ccccc12. The maximum Gasteiger partial charge on any atom is 0.343 e. The average Bonchev–Trinajstić information content (AvgIpc) is 2.91. The zero-order valence-electron chi connectivity index (χ0n) is 12.5. The second kappa shape index (κ2) is 6.67. The lowest BCUT2D eigenvalue weighted by Crippen LogP contribution is -2.21. The van der Waals surface area contributed by atoms with Gasteiger partial charge in [0.05, 0.1) is 12.6 Å². The van der Waals surface area contributed by atoms with Crippen molar-refractivity contribution in [1.29, 1.82) is 0 Å². The van der Waals surface area contributed by atoms with Crippen molar-refractivity contribution >= 4 is 45.1 Å². The number of hydrogen-bond donors (Lipinski definition) is 2. The molecular weight excluding hydrogens is 378 g/mol. The predicted octanol–water partition coefficient (Wildman–Crippen LogP) is 2.92. The number of nitrogens with zero attached hydrogens (tertiary/aromatic N) is 3. The van der Waals surface area contributed by atoms with Crippen LogP contribution in [0.3, 0.4) is 0 Å². The number of esters is 1. The number of ether oxygens (including phenoxy) is 1. The zero-order valence-corrected chi connectivity index (χ0v) is 14.1. The van der Waals surface area contributed by atoms with Crippen LogP contribution >= 0.6 is 15.9 Å². The normalized spacial score (nSPS) is 10.4. The highest BCUT2D eigenvalue weighted by Crippen LogP contribution is 2.21. The Hall–Kier alpha value is -2.94. The summed E-state index contributed by atoms with van der Waals surface area (Å²) in [6, 6.07) is 8.03. The van der Waals surface area contributed by atoms with E-state index in [2.05, 4.69) is 36.6 Å². The third-order valence-electron chi connectivity index (χ3n) is 3.13. The molecule has 0 atom stereocenters. The van der Waals surface area contributed by atoms with Crippen LogP contribution in [0.4, 0.5) is 16.4 Å². The third-order valence-corrected chi connectivity index (χ3v) is 3.62. The molecule has 8 nitrogen and oxygen atoms in total. The molecule has 3 aromatic rings. The van der Waals surface area contributed by atoms with Crippen molar-refractivity contribution in [1.82, 2.24) is 14.6 Å². The van der Waals surface area contributed by atoms with Gasteiger partial charge in [-0.1, -0.05) is 22.0 Å². The molecule has 0 radical (unpaired) electrons. The predicted molar refractivity (Wildman–Crippen MR) is 91.1 cm³/mol. The standard InChI is InChI=1S/C15H12BrN5O3/c1-24-14(22)12-10-4-2-3-7-21(10)20-13(12)19-15(23)18-11-8-9(16)5-6-17-11/h2-8H,1H3,(H2,17,18,19,20,23). The second-order valence-electron chi connectivity index (χ2n) is 4.68. The minimum atomic E-state index is -0.591. The number of halogens is 1. The number of carbonyl (C=O) groups is 2. The van der Waals surface area contributed by atoms with Crippen LogP contribution in [0, 0.1) is 0 Å². The molecule has 0 aliphatic heterocycles. The average molecular weight is 390 g/mol. The number of rotatable bonds is 3. The lowest BCUT2D eigenvalue weighted by atomic mass is 10.2. The summed E-state index contributed by atoms with van der Waals surface area (Å²) < 4.78 is 7.04. The van der Waals surface area contributed by atoms with Crippen molar-refractivity contribution in [2.24, 2.45) is 0 Å². The van der Waals surface area contributed by atoms with Crippen LogP contribution in [0.5, 0.6) is 0 Å². The molecule has 3 rings (SSSR count). The Morgan fingerprint density at radius 3 is 2.83 bits per heavy atom. The van der Waals surface area contributed by atoms with Crippen molar-refractivity contribution in [3.05, 3.63) is 52.8 Å². The van der Waals surface area contributed by atoms with E-state index in [9.17, 15) is 9.59 Å². The first-order valence-corrected chi connectivity index (χ1v) is 7.63. The number of nitrogens with one attached hydrogen (secondary N) is 2. The van der Waals surface area contributed by atoms with E-state index in [1.165, 1.54) is 11.6 Å². The molecule has 0 aromatic carbocycles. The van der Waals surface area contributed by atoms with Crippen LogP contribution in [0.2, 0.25) is 0 Å². The van der Waals surface area contributed by atoms with Gasteiger partial charge in [0.2, 0.25) is 0 Å². The van der Waals surface area contributed by atoms with E-state index in [0.29, 0.717) is 11.3 Å². The first kappa shape index (κ1) is 15.9. The van der Waals surface area contributed by atoms with Gasteiger partial charge in [-0.15, -0.1) is 5.10 Å². The lowest BCUT2D eigenvalue weighted by molar-refractivity contribution is 0.0604. The van der Waals surface area contributed by atoms with Gasteiger partial charge in [0.1, 0.15) is 11.4 Å². The molecule has 0 aliphatic rings. The molecule has 0 fully saturated rings. The number of hydrogen-bond acceptors (Lipinski definition) is 5. The summed E-state index contributed by atoms with van der Waals surface area (Å²) in [5.74, 6) is -0.141. The maximum absolute atomic E-state index is 12.2. The minimum absolute atomic E-state index is 0.0977. The molecule has 2 N–H and O–H groups in total. The van der Waals surface area contributed by atoms with E-state index in [1.807, 2.05) is 0 Å². The largest absolute Gasteiger partial charge is 0.465 e. The fourth-order valence-corrected chi connectivity index (χ4v) is 2.45. The van der Waals surface area contributed by atoms with Crippen LogP contribution in [0.15, 0.2) is 47.2 Å². The van der Waals surface area contributed by atoms with E-state index >= 15 is 0 Å². The Morgan fingerprint density at radius 2 is 2.08 bits per heavy atom. The molecule has 0 saturated heterocycles. The highest BCUT2D eigenvalue weighted by Gasteiger charge is 2.21. The molecular formula is C15H12BrN5O3. The first-order chi connectivity index (χ1) is 11.6. The number of anilines is 2. The number of amides is 2. The number of methoxy groups -OCH3 is 1. The van der Waals surface area contributed by atoms with Gasteiger partial charge in [0, 0.05) is 16.9 Å². The van der Waals surface area contributed by atoms with Crippen molar-refractivity contribution in [3.8, 4) is 0 Å². The Morgan fingerprint density at radius 1 is 1.25 bits per heavy atom. The van der Waals surface area contributed by atoms with Gasteiger partial charge in [-0.3, -0.25) is 10.6 Å². The number of aromatic nitrogens is 3. The van der Waals surface area contributed by atoms with Crippen molar-refractivity contribution in [3.63, 3.8) is 0 Å². The van der Waals surface area contributed by atoms with Gasteiger partial charge in [0.25, 0.3) is 0 Å². The third kappa shape index (κ3) is 3.20. The van der Waals surface area contributed by atoms with Crippen LogP contribution < -0.4 is 10.6 Å². The number of fused-ring (bicyclic) bond motifs is 1. The van der Waals surface area contributed by atoms with Crippen molar-refractivity contribution in [2.75, 3.05) is 17.7 Å². The highest BCUT2D eigenvalue weighted by molar-refractivity contribution is 9.10. The van der Waals surface area contributed by atoms with Gasteiger partial charge in [0.15, 0.2) is 5.82 Å². The van der Waals surface area contributed by atoms with E-state index in [0.717, 1.165) is 4.47 Å². The van der Waals surface area contributed by atoms with Gasteiger partial charge < -0.3 is 4.74 Å². The summed E-state index contributed by atoms with van der Waals surface area (Å²) in [4.78, 5) is 28.2. The Labute approximate surface area is 145 Å². The number of carbonyl (C=O) groups excluding carboxylic acids is 2. The molecule has 3 aromatic heterocycles. The van der Waals surface area contributed by atoms with Crippen molar-refractivity contribution < 1.29 is 14.3 Å². The Kier molecular flexibility index (Phi) is 4.43. The first-order valence-electron chi connectivity index (χ1n) is 6.83. The number of pyridine rings is 2. The molecule has 9 heteroatoms. The summed E-state index contributed by atoms with van der Waals surface area (Å²) in [6.07, 6.45) is 3.21. The Bertz CT molecular complexity index is 924. The van der Waals surface area contributed by atoms with E-state index in [1.54, 1.807) is 42.7 Å². The van der Waals surface area contributed by atoms with Gasteiger partial charge in [-0.05, 0) is 24.3 Å². The molecule has 2 amide bonds. The van der Waals surface area contributed by atoms with Crippen LogP contribution in [0.25, 0.3) is 5.52 Å². The second-order valence-corrected chi connectivity index (χ2v) is 5.60. The van der Waals surface area contributed by atoms with Gasteiger partial charge >= 0.3 is 12.0 Å². The fourth-order valence-electron chi connectivity index (χ4n) is 2.12. The molecule has 24 heavy (non-hydrogen) atoms. The van der Waals surface area contributed by atoms with Crippen LogP contribution in [-0.2, 0) is 4.74 Å². The smallest absolute Gasteiger partial charge is 0.343 e. The van der Waals surface area contributed by atoms with E-state index < -0.39 is 12.0 Å². The number of urea groups is 1. The summed E-state index contributed by atoms with van der Waals surface area (Å²) in [7, 11) is 1.27. The maximum atomic E-state index is 12.2. The molecule has 0 bridgehead atoms. The highest BCUT2D eigenvalue weighted by atomic mass is 79.9. The topological polar surface area (TPSA) is 97.6 Å². The van der Waals surface area contributed by atoms with E-state index in [4.69, 9.17) is 4.74 Å². The summed E-state index contributed by atoms with van der Waals surface area (Å²) >= 11 is 3.29. The Balaban J connectivity index is 1.89. The van der Waals surface area contributed by atoms with Gasteiger partial charge in [-0.2, -0.15) is 0 Å². The molecule has 0 aliphatic carbocycles. The van der Waals surface area contributed by atoms with Gasteiger partial charge in [-0.25, -0.2) is 19.1 Å². The van der Waals surface area contributed by atoms with E-state index in [-0.39, 0.29) is 11.4 Å².